The van der Waals surface area contributed by atoms with E-state index in [0.29, 0.717) is 6.54 Å². The molecule has 0 aliphatic heterocycles. The SMILES string of the molecule is C#CCN.O=C1C=CC(=O)C=C1. The van der Waals surface area contributed by atoms with E-state index in [9.17, 15) is 9.59 Å². The number of ketones is 2. The van der Waals surface area contributed by atoms with Gasteiger partial charge in [0.2, 0.25) is 0 Å². The zero-order valence-electron chi connectivity index (χ0n) is 6.49. The zero-order chi connectivity index (χ0) is 9.40. The monoisotopic (exact) mass is 163 g/mol. The summed E-state index contributed by atoms with van der Waals surface area (Å²) in [6.07, 6.45) is 9.66. The first-order chi connectivity index (χ1) is 5.70. The molecule has 3 heteroatoms. The van der Waals surface area contributed by atoms with Gasteiger partial charge in [-0.1, -0.05) is 5.92 Å². The maximum absolute atomic E-state index is 10.3. The van der Waals surface area contributed by atoms with Gasteiger partial charge >= 0.3 is 0 Å². The third kappa shape index (κ3) is 5.15. The van der Waals surface area contributed by atoms with Crippen LogP contribution < -0.4 is 5.73 Å². The molecule has 0 aromatic carbocycles. The molecule has 0 aromatic heterocycles. The summed E-state index contributed by atoms with van der Waals surface area (Å²) in [7, 11) is 0. The molecule has 62 valence electrons. The number of hydrogen-bond donors (Lipinski definition) is 1. The Morgan fingerprint density at radius 2 is 1.42 bits per heavy atom. The number of allylic oxidation sites excluding steroid dienone is 4. The van der Waals surface area contributed by atoms with Crippen molar-refractivity contribution in [3.63, 3.8) is 0 Å². The lowest BCUT2D eigenvalue weighted by molar-refractivity contribution is -0.113. The Morgan fingerprint density at radius 1 is 1.17 bits per heavy atom. The maximum Gasteiger partial charge on any atom is 0.178 e. The van der Waals surface area contributed by atoms with Crippen molar-refractivity contribution in [3.8, 4) is 12.3 Å². The molecule has 0 radical (unpaired) electrons. The maximum atomic E-state index is 10.3. The summed E-state index contributed by atoms with van der Waals surface area (Å²) in [4.78, 5) is 20.6. The third-order valence-electron chi connectivity index (χ3n) is 0.942. The fourth-order valence-corrected chi connectivity index (χ4v) is 0.440. The summed E-state index contributed by atoms with van der Waals surface area (Å²) in [5, 5.41) is 0. The number of terminal acetylenes is 1. The summed E-state index contributed by atoms with van der Waals surface area (Å²) in [5.41, 5.74) is 4.79. The second-order valence-electron chi connectivity index (χ2n) is 1.88. The second-order valence-corrected chi connectivity index (χ2v) is 1.88. The highest BCUT2D eigenvalue weighted by atomic mass is 16.1. The minimum absolute atomic E-state index is 0.121. The predicted molar refractivity (Wildman–Crippen MR) is 46.2 cm³/mol. The number of rotatable bonds is 0. The molecular formula is C9H9NO2. The lowest BCUT2D eigenvalue weighted by atomic mass is 10.2. The number of hydrogen-bond acceptors (Lipinski definition) is 3. The zero-order valence-corrected chi connectivity index (χ0v) is 6.49. The van der Waals surface area contributed by atoms with Gasteiger partial charge in [0, 0.05) is 0 Å². The van der Waals surface area contributed by atoms with Crippen LogP contribution in [0.1, 0.15) is 0 Å². The van der Waals surface area contributed by atoms with Crippen LogP contribution in [0.5, 0.6) is 0 Å². The Balaban J connectivity index is 0.000000261. The van der Waals surface area contributed by atoms with Gasteiger partial charge in [0.1, 0.15) is 0 Å². The first-order valence-electron chi connectivity index (χ1n) is 3.28. The first-order valence-corrected chi connectivity index (χ1v) is 3.28. The van der Waals surface area contributed by atoms with Gasteiger partial charge in [-0.3, -0.25) is 9.59 Å². The van der Waals surface area contributed by atoms with Crippen molar-refractivity contribution in [1.82, 2.24) is 0 Å². The van der Waals surface area contributed by atoms with E-state index in [1.807, 2.05) is 0 Å². The van der Waals surface area contributed by atoms with Gasteiger partial charge in [0.05, 0.1) is 6.54 Å². The smallest absolute Gasteiger partial charge is 0.178 e. The Morgan fingerprint density at radius 3 is 1.58 bits per heavy atom. The third-order valence-corrected chi connectivity index (χ3v) is 0.942. The van der Waals surface area contributed by atoms with Crippen molar-refractivity contribution in [1.29, 1.82) is 0 Å². The summed E-state index contributed by atoms with van der Waals surface area (Å²) in [6.45, 7) is 0.347. The van der Waals surface area contributed by atoms with Gasteiger partial charge in [-0.15, -0.1) is 6.42 Å². The average Bonchev–Trinajstić information content (AvgIpc) is 2.11. The summed E-state index contributed by atoms with van der Waals surface area (Å²) < 4.78 is 0. The number of nitrogens with two attached hydrogens (primary N) is 1. The van der Waals surface area contributed by atoms with Crippen molar-refractivity contribution in [2.45, 2.75) is 0 Å². The fraction of sp³-hybridized carbons (Fsp3) is 0.111. The molecule has 0 saturated heterocycles. The van der Waals surface area contributed by atoms with Gasteiger partial charge in [-0.05, 0) is 24.3 Å². The second kappa shape index (κ2) is 6.08. The predicted octanol–water partition coefficient (Wildman–Crippen LogP) is -0.171. The largest absolute Gasteiger partial charge is 0.320 e. The molecule has 0 fully saturated rings. The van der Waals surface area contributed by atoms with Crippen LogP contribution >= 0.6 is 0 Å². The van der Waals surface area contributed by atoms with Crippen LogP contribution in [0.3, 0.4) is 0 Å². The molecule has 0 amide bonds. The van der Waals surface area contributed by atoms with Crippen LogP contribution in [0.25, 0.3) is 0 Å². The first kappa shape index (κ1) is 10.3. The van der Waals surface area contributed by atoms with Crippen LogP contribution in [-0.2, 0) is 9.59 Å². The van der Waals surface area contributed by atoms with Crippen LogP contribution in [0, 0.1) is 12.3 Å². The minimum Gasteiger partial charge on any atom is -0.320 e. The van der Waals surface area contributed by atoms with Crippen molar-refractivity contribution < 1.29 is 9.59 Å². The minimum atomic E-state index is -0.121. The summed E-state index contributed by atoms with van der Waals surface area (Å²) in [5.74, 6) is 1.97. The number of carbonyl (C=O) groups is 2. The molecule has 0 saturated carbocycles. The van der Waals surface area contributed by atoms with E-state index in [2.05, 4.69) is 12.3 Å². The highest BCUT2D eigenvalue weighted by Gasteiger charge is 1.97. The quantitative estimate of drug-likeness (QED) is 0.398. The van der Waals surface area contributed by atoms with E-state index >= 15 is 0 Å². The van der Waals surface area contributed by atoms with Gasteiger partial charge < -0.3 is 5.73 Å². The molecule has 3 nitrogen and oxygen atoms in total. The van der Waals surface area contributed by atoms with Gasteiger partial charge in [0.25, 0.3) is 0 Å². The van der Waals surface area contributed by atoms with E-state index in [1.54, 1.807) is 0 Å². The van der Waals surface area contributed by atoms with Crippen LogP contribution in [0.4, 0.5) is 0 Å². The molecule has 0 unspecified atom stereocenters. The average molecular weight is 163 g/mol. The molecule has 1 rings (SSSR count). The van der Waals surface area contributed by atoms with E-state index in [1.165, 1.54) is 24.3 Å². The molecule has 1 aliphatic rings. The lowest BCUT2D eigenvalue weighted by Gasteiger charge is -1.87. The van der Waals surface area contributed by atoms with Crippen LogP contribution in [-0.4, -0.2) is 18.1 Å². The van der Waals surface area contributed by atoms with E-state index in [-0.39, 0.29) is 11.6 Å². The van der Waals surface area contributed by atoms with Crippen molar-refractivity contribution in [2.75, 3.05) is 6.54 Å². The van der Waals surface area contributed by atoms with Gasteiger partial charge in [-0.25, -0.2) is 0 Å². The molecular weight excluding hydrogens is 154 g/mol. The van der Waals surface area contributed by atoms with Gasteiger partial charge in [0.15, 0.2) is 11.6 Å². The van der Waals surface area contributed by atoms with Crippen molar-refractivity contribution in [2.24, 2.45) is 5.73 Å². The summed E-state index contributed by atoms with van der Waals surface area (Å²) >= 11 is 0. The van der Waals surface area contributed by atoms with E-state index in [4.69, 9.17) is 5.73 Å². The normalized spacial score (nSPS) is 13.3. The Bertz CT molecular complexity index is 231. The summed E-state index contributed by atoms with van der Waals surface area (Å²) in [6, 6.07) is 0. The molecule has 0 bridgehead atoms. The van der Waals surface area contributed by atoms with Crippen LogP contribution in [0.15, 0.2) is 24.3 Å². The van der Waals surface area contributed by atoms with E-state index in [0.717, 1.165) is 0 Å². The lowest BCUT2D eigenvalue weighted by Crippen LogP contribution is -1.97. The molecule has 0 spiro atoms. The van der Waals surface area contributed by atoms with Crippen molar-refractivity contribution in [3.05, 3.63) is 24.3 Å². The fourth-order valence-electron chi connectivity index (χ4n) is 0.440. The standard InChI is InChI=1S/C6H4O2.C3H5N/c7-5-1-2-6(8)4-3-5;1-2-3-4/h1-4H;1H,3-4H2. The highest BCUT2D eigenvalue weighted by molar-refractivity contribution is 6.14. The molecule has 2 N–H and O–H groups in total. The Kier molecular flexibility index (Phi) is 5.24. The topological polar surface area (TPSA) is 60.2 Å². The number of carbonyl (C=O) groups excluding carboxylic acids is 2. The van der Waals surface area contributed by atoms with Crippen LogP contribution in [0.2, 0.25) is 0 Å². The molecule has 0 aromatic rings. The Hall–Kier alpha value is -1.66. The highest BCUT2D eigenvalue weighted by Crippen LogP contribution is 1.90. The van der Waals surface area contributed by atoms with Gasteiger partial charge in [-0.2, -0.15) is 0 Å². The molecule has 12 heavy (non-hydrogen) atoms. The molecule has 0 heterocycles. The molecule has 1 aliphatic carbocycles. The van der Waals surface area contributed by atoms with E-state index < -0.39 is 0 Å². The Labute approximate surface area is 70.9 Å². The van der Waals surface area contributed by atoms with Crippen molar-refractivity contribution >= 4 is 11.6 Å². The molecule has 0 atom stereocenters.